The second-order valence-corrected chi connectivity index (χ2v) is 7.17. The van der Waals surface area contributed by atoms with Crippen molar-refractivity contribution >= 4 is 17.7 Å². The molecule has 2 aromatic rings. The smallest absolute Gasteiger partial charge is 0.339 e. The standard InChI is InChI=1S/C22H26FN3O3/c1-3-29-22(28)18-7-8-20(24-15-18)25-9-11-26(12-10-25)21(27)16(2)13-17-5-4-6-19(23)14-17/h4-8,14-16H,3,9-13H2,1-2H3. The number of ether oxygens (including phenoxy) is 1. The highest BCUT2D eigenvalue weighted by atomic mass is 19.1. The minimum absolute atomic E-state index is 0.0829. The Morgan fingerprint density at radius 3 is 2.55 bits per heavy atom. The lowest BCUT2D eigenvalue weighted by molar-refractivity contribution is -0.135. The Kier molecular flexibility index (Phi) is 6.80. The van der Waals surface area contributed by atoms with Gasteiger partial charge in [-0.3, -0.25) is 4.79 Å². The summed E-state index contributed by atoms with van der Waals surface area (Å²) in [5.41, 5.74) is 1.26. The molecule has 1 aliphatic rings. The molecule has 1 saturated heterocycles. The van der Waals surface area contributed by atoms with E-state index in [1.807, 2.05) is 17.9 Å². The average Bonchev–Trinajstić information content (AvgIpc) is 2.73. The molecule has 0 aliphatic carbocycles. The van der Waals surface area contributed by atoms with Crippen LogP contribution in [0.15, 0.2) is 42.6 Å². The van der Waals surface area contributed by atoms with Gasteiger partial charge < -0.3 is 14.5 Å². The maximum absolute atomic E-state index is 13.4. The van der Waals surface area contributed by atoms with Crippen molar-refractivity contribution < 1.29 is 18.7 Å². The van der Waals surface area contributed by atoms with E-state index in [4.69, 9.17) is 4.74 Å². The molecular weight excluding hydrogens is 373 g/mol. The molecule has 1 unspecified atom stereocenters. The highest BCUT2D eigenvalue weighted by Gasteiger charge is 2.25. The first-order valence-corrected chi connectivity index (χ1v) is 9.89. The molecule has 0 radical (unpaired) electrons. The van der Waals surface area contributed by atoms with E-state index in [0.29, 0.717) is 44.8 Å². The molecule has 1 aromatic carbocycles. The number of amides is 1. The lowest BCUT2D eigenvalue weighted by Crippen LogP contribution is -2.50. The molecule has 7 heteroatoms. The molecule has 0 saturated carbocycles. The van der Waals surface area contributed by atoms with E-state index in [-0.39, 0.29) is 23.6 Å². The lowest BCUT2D eigenvalue weighted by Gasteiger charge is -2.36. The number of pyridine rings is 1. The van der Waals surface area contributed by atoms with Gasteiger partial charge in [0, 0.05) is 38.3 Å². The SMILES string of the molecule is CCOC(=O)c1ccc(N2CCN(C(=O)C(C)Cc3cccc(F)c3)CC2)nc1. The number of rotatable bonds is 6. The number of halogens is 1. The quantitative estimate of drug-likeness (QED) is 0.699. The molecule has 29 heavy (non-hydrogen) atoms. The summed E-state index contributed by atoms with van der Waals surface area (Å²) in [4.78, 5) is 32.8. The van der Waals surface area contributed by atoms with Crippen LogP contribution in [0.2, 0.25) is 0 Å². The van der Waals surface area contributed by atoms with E-state index in [2.05, 4.69) is 9.88 Å². The predicted molar refractivity (Wildman–Crippen MR) is 108 cm³/mol. The Labute approximate surface area is 170 Å². The summed E-state index contributed by atoms with van der Waals surface area (Å²) < 4.78 is 18.3. The molecule has 0 bridgehead atoms. The number of hydrogen-bond acceptors (Lipinski definition) is 5. The Bertz CT molecular complexity index is 849. The molecule has 0 spiro atoms. The van der Waals surface area contributed by atoms with Crippen molar-refractivity contribution in [1.29, 1.82) is 0 Å². The maximum Gasteiger partial charge on any atom is 0.339 e. The predicted octanol–water partition coefficient (Wildman–Crippen LogP) is 2.92. The summed E-state index contributed by atoms with van der Waals surface area (Å²) in [6, 6.07) is 9.91. The summed E-state index contributed by atoms with van der Waals surface area (Å²) in [6.45, 7) is 6.53. The van der Waals surface area contributed by atoms with Gasteiger partial charge in [0.1, 0.15) is 11.6 Å². The van der Waals surface area contributed by atoms with Gasteiger partial charge in [-0.15, -0.1) is 0 Å². The Hall–Kier alpha value is -2.96. The topological polar surface area (TPSA) is 62.7 Å². The Morgan fingerprint density at radius 1 is 1.17 bits per heavy atom. The Balaban J connectivity index is 1.53. The fourth-order valence-corrected chi connectivity index (χ4v) is 3.48. The summed E-state index contributed by atoms with van der Waals surface area (Å²) in [6.07, 6.45) is 2.04. The van der Waals surface area contributed by atoms with Crippen LogP contribution in [-0.4, -0.2) is 54.5 Å². The van der Waals surface area contributed by atoms with Gasteiger partial charge in [0.2, 0.25) is 5.91 Å². The lowest BCUT2D eigenvalue weighted by atomic mass is 9.99. The van der Waals surface area contributed by atoms with Crippen molar-refractivity contribution in [2.75, 3.05) is 37.7 Å². The Morgan fingerprint density at radius 2 is 1.93 bits per heavy atom. The van der Waals surface area contributed by atoms with Crippen molar-refractivity contribution in [1.82, 2.24) is 9.88 Å². The van der Waals surface area contributed by atoms with Crippen molar-refractivity contribution in [3.63, 3.8) is 0 Å². The zero-order valence-corrected chi connectivity index (χ0v) is 16.8. The van der Waals surface area contributed by atoms with E-state index in [1.54, 1.807) is 25.1 Å². The number of benzene rings is 1. The largest absolute Gasteiger partial charge is 0.462 e. The van der Waals surface area contributed by atoms with Crippen molar-refractivity contribution in [2.45, 2.75) is 20.3 Å². The maximum atomic E-state index is 13.4. The molecule has 2 heterocycles. The number of anilines is 1. The van der Waals surface area contributed by atoms with Gasteiger partial charge in [0.05, 0.1) is 12.2 Å². The minimum atomic E-state index is -0.380. The normalized spacial score (nSPS) is 15.1. The molecule has 1 fully saturated rings. The van der Waals surface area contributed by atoms with E-state index < -0.39 is 0 Å². The molecule has 6 nitrogen and oxygen atoms in total. The second-order valence-electron chi connectivity index (χ2n) is 7.17. The summed E-state index contributed by atoms with van der Waals surface area (Å²) in [5, 5.41) is 0. The molecule has 0 N–H and O–H groups in total. The van der Waals surface area contributed by atoms with Crippen LogP contribution in [0.5, 0.6) is 0 Å². The van der Waals surface area contributed by atoms with Crippen LogP contribution >= 0.6 is 0 Å². The highest BCUT2D eigenvalue weighted by Crippen LogP contribution is 2.18. The zero-order chi connectivity index (χ0) is 20.8. The van der Waals surface area contributed by atoms with Crippen molar-refractivity contribution in [3.8, 4) is 0 Å². The van der Waals surface area contributed by atoms with Crippen LogP contribution in [0.1, 0.15) is 29.8 Å². The number of piperazine rings is 1. The molecule has 1 atom stereocenters. The van der Waals surface area contributed by atoms with E-state index in [0.717, 1.165) is 11.4 Å². The molecule has 1 aliphatic heterocycles. The van der Waals surface area contributed by atoms with Crippen molar-refractivity contribution in [3.05, 3.63) is 59.5 Å². The van der Waals surface area contributed by atoms with E-state index >= 15 is 0 Å². The third-order valence-electron chi connectivity index (χ3n) is 5.03. The summed E-state index contributed by atoms with van der Waals surface area (Å²) >= 11 is 0. The van der Waals surface area contributed by atoms with Gasteiger partial charge >= 0.3 is 5.97 Å². The van der Waals surface area contributed by atoms with Gasteiger partial charge in [-0.2, -0.15) is 0 Å². The monoisotopic (exact) mass is 399 g/mol. The molecule has 3 rings (SSSR count). The number of carbonyl (C=O) groups is 2. The first kappa shape index (κ1) is 20.8. The van der Waals surface area contributed by atoms with Crippen LogP contribution in [0, 0.1) is 11.7 Å². The summed E-state index contributed by atoms with van der Waals surface area (Å²) in [5.74, 6) is -0.00527. The fraction of sp³-hybridized carbons (Fsp3) is 0.409. The fourth-order valence-electron chi connectivity index (χ4n) is 3.48. The third kappa shape index (κ3) is 5.31. The van der Waals surface area contributed by atoms with Gasteiger partial charge in [0.15, 0.2) is 0 Å². The first-order valence-electron chi connectivity index (χ1n) is 9.89. The van der Waals surface area contributed by atoms with Crippen LogP contribution < -0.4 is 4.90 Å². The van der Waals surface area contributed by atoms with Crippen LogP contribution in [0.4, 0.5) is 10.2 Å². The van der Waals surface area contributed by atoms with E-state index in [9.17, 15) is 14.0 Å². The number of nitrogens with zero attached hydrogens (tertiary/aromatic N) is 3. The number of carbonyl (C=O) groups excluding carboxylic acids is 2. The second kappa shape index (κ2) is 9.49. The number of aromatic nitrogens is 1. The van der Waals surface area contributed by atoms with E-state index in [1.165, 1.54) is 18.3 Å². The molecule has 1 aromatic heterocycles. The zero-order valence-electron chi connectivity index (χ0n) is 16.8. The van der Waals surface area contributed by atoms with Crippen LogP contribution in [-0.2, 0) is 16.0 Å². The molecular formula is C22H26FN3O3. The summed E-state index contributed by atoms with van der Waals surface area (Å²) in [7, 11) is 0. The molecule has 154 valence electrons. The number of hydrogen-bond donors (Lipinski definition) is 0. The van der Waals surface area contributed by atoms with Gasteiger partial charge in [-0.05, 0) is 43.2 Å². The first-order chi connectivity index (χ1) is 14.0. The average molecular weight is 399 g/mol. The third-order valence-corrected chi connectivity index (χ3v) is 5.03. The van der Waals surface area contributed by atoms with Crippen LogP contribution in [0.3, 0.4) is 0 Å². The van der Waals surface area contributed by atoms with Gasteiger partial charge in [0.25, 0.3) is 0 Å². The number of esters is 1. The van der Waals surface area contributed by atoms with Crippen LogP contribution in [0.25, 0.3) is 0 Å². The van der Waals surface area contributed by atoms with Gasteiger partial charge in [-0.1, -0.05) is 19.1 Å². The van der Waals surface area contributed by atoms with Crippen molar-refractivity contribution in [2.24, 2.45) is 5.92 Å². The minimum Gasteiger partial charge on any atom is -0.462 e. The molecule has 1 amide bonds. The van der Waals surface area contributed by atoms with Gasteiger partial charge in [-0.25, -0.2) is 14.2 Å². The highest BCUT2D eigenvalue weighted by molar-refractivity contribution is 5.89.